The molecule has 64 heavy (non-hydrogen) atoms. The summed E-state index contributed by atoms with van der Waals surface area (Å²) in [7, 11) is 3.71. The molecule has 13 nitrogen and oxygen atoms in total. The molecule has 1 unspecified atom stereocenters. The standard InChI is InChI=1S/C48H44ClFN6O7S/c1-28-35-13-15-39(43(28)49)62-34(24-56-20-18-55(2)19-21-56)26-60-33-12-14-37(61-25-32-16-17-51-45(54-32)36-6-4-5-7-38(36)59-3)30(22-33)23-40(48(57)58)63-46-42-41(35)44(64-47(42)53-27-52-46)29-8-10-31(50)11-9-29/h4-17,22,27,34,40H,18-21,23-26H2,1-3H3,(H,57,58)/t34?,40-/m0/s1. The fourth-order valence-corrected chi connectivity index (χ4v) is 9.30. The Morgan fingerprint density at radius 1 is 0.953 bits per heavy atom. The molecule has 3 aliphatic heterocycles. The van der Waals surface area contributed by atoms with Gasteiger partial charge in [-0.15, -0.1) is 11.3 Å². The van der Waals surface area contributed by atoms with Crippen molar-refractivity contribution in [2.75, 3.05) is 53.5 Å². The van der Waals surface area contributed by atoms with Crippen LogP contribution in [0.3, 0.4) is 0 Å². The van der Waals surface area contributed by atoms with Crippen LogP contribution >= 0.6 is 22.9 Å². The van der Waals surface area contributed by atoms with Crippen molar-refractivity contribution in [1.82, 2.24) is 29.7 Å². The first-order valence-electron chi connectivity index (χ1n) is 20.8. The molecular formula is C48H44ClFN6O7S. The van der Waals surface area contributed by atoms with E-state index in [9.17, 15) is 14.3 Å². The number of fused-ring (bicyclic) bond motifs is 7. The lowest BCUT2D eigenvalue weighted by molar-refractivity contribution is -0.145. The summed E-state index contributed by atoms with van der Waals surface area (Å²) in [5.74, 6) is 0.934. The number of ether oxygens (including phenoxy) is 5. The van der Waals surface area contributed by atoms with Crippen LogP contribution in [0.25, 0.3) is 43.2 Å². The number of rotatable bonds is 9. The van der Waals surface area contributed by atoms with Crippen molar-refractivity contribution in [2.45, 2.75) is 32.2 Å². The third-order valence-electron chi connectivity index (χ3n) is 11.4. The van der Waals surface area contributed by atoms with Crippen molar-refractivity contribution in [2.24, 2.45) is 0 Å². The van der Waals surface area contributed by atoms with Crippen molar-refractivity contribution >= 4 is 39.1 Å². The zero-order valence-electron chi connectivity index (χ0n) is 35.3. The first-order chi connectivity index (χ1) is 31.1. The first kappa shape index (κ1) is 42.9. The lowest BCUT2D eigenvalue weighted by Crippen LogP contribution is -2.49. The number of hydrogen-bond donors (Lipinski definition) is 1. The Bertz CT molecular complexity index is 2820. The van der Waals surface area contributed by atoms with Gasteiger partial charge in [-0.2, -0.15) is 0 Å². The highest BCUT2D eigenvalue weighted by molar-refractivity contribution is 7.22. The molecule has 0 amide bonds. The second kappa shape index (κ2) is 18.8. The van der Waals surface area contributed by atoms with Crippen LogP contribution in [-0.4, -0.2) is 107 Å². The number of para-hydroxylation sites is 1. The Morgan fingerprint density at radius 2 is 1.77 bits per heavy atom. The molecular weight excluding hydrogens is 859 g/mol. The Balaban J connectivity index is 1.13. The molecule has 0 radical (unpaired) electrons. The van der Waals surface area contributed by atoms with Crippen molar-refractivity contribution in [3.8, 4) is 61.8 Å². The molecule has 4 aromatic carbocycles. The van der Waals surface area contributed by atoms with Crippen LogP contribution in [0.15, 0.2) is 97.5 Å². The van der Waals surface area contributed by atoms with Gasteiger partial charge in [-0.1, -0.05) is 41.9 Å². The lowest BCUT2D eigenvalue weighted by atomic mass is 9.96. The highest BCUT2D eigenvalue weighted by atomic mass is 35.5. The minimum atomic E-state index is -1.44. The van der Waals surface area contributed by atoms with Crippen LogP contribution in [0.1, 0.15) is 16.8 Å². The maximum absolute atomic E-state index is 14.3. The molecule has 1 N–H and O–H groups in total. The van der Waals surface area contributed by atoms with Crippen LogP contribution in [0.4, 0.5) is 4.39 Å². The molecule has 3 aromatic heterocycles. The Morgan fingerprint density at radius 3 is 2.56 bits per heavy atom. The Labute approximate surface area is 378 Å². The minimum Gasteiger partial charge on any atom is -0.496 e. The van der Waals surface area contributed by atoms with E-state index >= 15 is 0 Å². The SMILES string of the molecule is COc1ccccc1-c1nccc(COc2ccc3cc2C[C@@H](C(=O)O)Oc2ncnc4sc(-c5ccc(F)cc5)c(c24)-c2ccc(c(Cl)c2C)OC(CN2CCN(C)CC2)CO3)n1. The fraction of sp³-hybridized carbons (Fsp3) is 0.271. The van der Waals surface area contributed by atoms with E-state index in [-0.39, 0.29) is 31.3 Å². The van der Waals surface area contributed by atoms with E-state index in [2.05, 4.69) is 31.8 Å². The third kappa shape index (κ3) is 9.15. The number of nitrogens with zero attached hydrogens (tertiary/aromatic N) is 6. The summed E-state index contributed by atoms with van der Waals surface area (Å²) < 4.78 is 45.9. The van der Waals surface area contributed by atoms with E-state index in [4.69, 9.17) is 40.3 Å². The number of carbonyl (C=O) groups is 1. The van der Waals surface area contributed by atoms with E-state index in [1.165, 1.54) is 29.8 Å². The summed E-state index contributed by atoms with van der Waals surface area (Å²) in [6.45, 7) is 6.27. The number of carboxylic acid groups (broad SMARTS) is 1. The Kier molecular flexibility index (Phi) is 12.6. The van der Waals surface area contributed by atoms with E-state index in [0.717, 1.165) is 47.7 Å². The number of carboxylic acids is 1. The predicted molar refractivity (Wildman–Crippen MR) is 242 cm³/mol. The number of hydrogen-bond acceptors (Lipinski definition) is 13. The molecule has 7 aromatic rings. The maximum atomic E-state index is 14.3. The highest BCUT2D eigenvalue weighted by Crippen LogP contribution is 2.49. The summed E-state index contributed by atoms with van der Waals surface area (Å²) in [6, 6.07) is 24.5. The van der Waals surface area contributed by atoms with Crippen molar-refractivity contribution in [1.29, 1.82) is 0 Å². The van der Waals surface area contributed by atoms with Gasteiger partial charge in [0.05, 0.1) is 28.8 Å². The molecule has 328 valence electrons. The summed E-state index contributed by atoms with van der Waals surface area (Å²) in [5.41, 5.74) is 4.67. The van der Waals surface area contributed by atoms with Gasteiger partial charge in [0.2, 0.25) is 12.0 Å². The van der Waals surface area contributed by atoms with Crippen molar-refractivity contribution in [3.05, 3.63) is 125 Å². The van der Waals surface area contributed by atoms with Crippen LogP contribution in [0.2, 0.25) is 5.02 Å². The van der Waals surface area contributed by atoms with E-state index in [0.29, 0.717) is 73.0 Å². The van der Waals surface area contributed by atoms with Gasteiger partial charge < -0.3 is 33.7 Å². The number of aromatic nitrogens is 4. The van der Waals surface area contributed by atoms with E-state index < -0.39 is 18.2 Å². The van der Waals surface area contributed by atoms with Crippen LogP contribution in [-0.2, 0) is 17.8 Å². The number of methoxy groups -OCH3 is 1. The summed E-state index contributed by atoms with van der Waals surface area (Å²) >= 11 is 8.59. The van der Waals surface area contributed by atoms with Crippen molar-refractivity contribution in [3.63, 3.8) is 0 Å². The molecule has 0 saturated carbocycles. The van der Waals surface area contributed by atoms with E-state index in [1.807, 2.05) is 43.3 Å². The second-order valence-electron chi connectivity index (χ2n) is 15.7. The van der Waals surface area contributed by atoms with Crippen LogP contribution in [0, 0.1) is 12.7 Å². The number of piperazine rings is 1. The van der Waals surface area contributed by atoms with Gasteiger partial charge in [-0.3, -0.25) is 4.90 Å². The topological polar surface area (TPSA) is 141 Å². The molecule has 10 rings (SSSR count). The largest absolute Gasteiger partial charge is 0.496 e. The van der Waals surface area contributed by atoms with Gasteiger partial charge in [0.25, 0.3) is 0 Å². The monoisotopic (exact) mass is 902 g/mol. The molecule has 16 heteroatoms. The number of aliphatic carboxylic acids is 1. The van der Waals surface area contributed by atoms with Gasteiger partial charge >= 0.3 is 5.97 Å². The average molecular weight is 903 g/mol. The van der Waals surface area contributed by atoms with Gasteiger partial charge in [0.1, 0.15) is 59.3 Å². The van der Waals surface area contributed by atoms with Crippen molar-refractivity contribution < 1.29 is 38.0 Å². The summed E-state index contributed by atoms with van der Waals surface area (Å²) in [4.78, 5) is 37.5. The smallest absolute Gasteiger partial charge is 0.345 e. The number of benzene rings is 4. The molecule has 3 aliphatic rings. The molecule has 1 fully saturated rings. The molecule has 0 aliphatic carbocycles. The third-order valence-corrected chi connectivity index (χ3v) is 13.0. The molecule has 2 atom stereocenters. The predicted octanol–water partition coefficient (Wildman–Crippen LogP) is 8.63. The second-order valence-corrected chi connectivity index (χ2v) is 17.0. The average Bonchev–Trinajstić information content (AvgIpc) is 3.70. The lowest BCUT2D eigenvalue weighted by Gasteiger charge is -2.34. The van der Waals surface area contributed by atoms with E-state index in [1.54, 1.807) is 49.7 Å². The number of halogens is 2. The maximum Gasteiger partial charge on any atom is 0.345 e. The number of thiophene rings is 1. The van der Waals surface area contributed by atoms with Gasteiger partial charge in [-0.05, 0) is 85.3 Å². The van der Waals surface area contributed by atoms with Gasteiger partial charge in [0.15, 0.2) is 5.82 Å². The molecule has 0 spiro atoms. The zero-order chi connectivity index (χ0) is 44.3. The molecule has 6 heterocycles. The first-order valence-corrected chi connectivity index (χ1v) is 21.9. The summed E-state index contributed by atoms with van der Waals surface area (Å²) in [5, 5.41) is 11.7. The molecule has 4 bridgehead atoms. The molecule has 1 saturated heterocycles. The van der Waals surface area contributed by atoms with Crippen LogP contribution < -0.4 is 23.7 Å². The van der Waals surface area contributed by atoms with Gasteiger partial charge in [0, 0.05) is 61.3 Å². The van der Waals surface area contributed by atoms with Gasteiger partial charge in [-0.25, -0.2) is 29.1 Å². The minimum absolute atomic E-state index is 0.0473. The van der Waals surface area contributed by atoms with Crippen LogP contribution in [0.5, 0.6) is 28.9 Å². The quantitative estimate of drug-likeness (QED) is 0.148. The zero-order valence-corrected chi connectivity index (χ0v) is 36.9. The summed E-state index contributed by atoms with van der Waals surface area (Å²) in [6.07, 6.45) is 0.986. The highest BCUT2D eigenvalue weighted by Gasteiger charge is 2.30. The fourth-order valence-electron chi connectivity index (χ4n) is 7.94. The normalized spacial score (nSPS) is 17.0. The Hall–Kier alpha value is -6.39. The number of likely N-dealkylation sites (N-methyl/N-ethyl adjacent to an activating group) is 1.